The van der Waals surface area contributed by atoms with Gasteiger partial charge in [-0.2, -0.15) is 0 Å². The van der Waals surface area contributed by atoms with E-state index in [4.69, 9.17) is 9.84 Å². The molecule has 136 valence electrons. The summed E-state index contributed by atoms with van der Waals surface area (Å²) < 4.78 is 5.13. The number of carbonyl (C=O) groups is 3. The molecule has 1 rings (SSSR count). The molecule has 0 heterocycles. The number of carboxylic acids is 1. The van der Waals surface area contributed by atoms with Crippen LogP contribution in [0.4, 0.5) is 4.79 Å². The molecule has 0 atom stereocenters. The lowest BCUT2D eigenvalue weighted by molar-refractivity contribution is -0.136. The maximum absolute atomic E-state index is 11.8. The van der Waals surface area contributed by atoms with E-state index in [-0.39, 0.29) is 18.6 Å². The lowest BCUT2D eigenvalue weighted by atomic mass is 10.0. The Labute approximate surface area is 147 Å². The fourth-order valence-corrected chi connectivity index (χ4v) is 1.94. The number of nitrogens with one attached hydrogen (secondary N) is 1. The molecule has 25 heavy (non-hydrogen) atoms. The molecule has 0 bridgehead atoms. The first-order chi connectivity index (χ1) is 11.7. The summed E-state index contributed by atoms with van der Waals surface area (Å²) in [6, 6.07) is 6.96. The molecule has 0 spiro atoms. The second-order valence-corrected chi connectivity index (χ2v) is 6.56. The third-order valence-corrected chi connectivity index (χ3v) is 3.09. The van der Waals surface area contributed by atoms with Gasteiger partial charge >= 0.3 is 12.1 Å². The summed E-state index contributed by atoms with van der Waals surface area (Å²) >= 11 is 0. The van der Waals surface area contributed by atoms with Crippen molar-refractivity contribution in [2.24, 2.45) is 0 Å². The van der Waals surface area contributed by atoms with Crippen molar-refractivity contribution in [3.63, 3.8) is 0 Å². The minimum Gasteiger partial charge on any atom is -0.481 e. The van der Waals surface area contributed by atoms with E-state index in [1.807, 2.05) is 32.9 Å². The number of ether oxygens (including phenoxy) is 1. The number of rotatable bonds is 8. The maximum Gasteiger partial charge on any atom is 0.407 e. The van der Waals surface area contributed by atoms with Gasteiger partial charge in [0.25, 0.3) is 0 Å². The molecule has 0 aliphatic carbocycles. The molecule has 6 nitrogen and oxygen atoms in total. The number of hydrogen-bond acceptors (Lipinski definition) is 4. The van der Waals surface area contributed by atoms with Crippen molar-refractivity contribution in [1.82, 2.24) is 5.32 Å². The first kappa shape index (κ1) is 20.4. The lowest BCUT2D eigenvalue weighted by Crippen LogP contribution is -2.32. The van der Waals surface area contributed by atoms with Crippen molar-refractivity contribution < 1.29 is 24.2 Å². The largest absolute Gasteiger partial charge is 0.481 e. The van der Waals surface area contributed by atoms with E-state index in [0.717, 1.165) is 5.56 Å². The van der Waals surface area contributed by atoms with E-state index in [1.165, 1.54) is 0 Å². The van der Waals surface area contributed by atoms with Crippen molar-refractivity contribution in [3.05, 3.63) is 41.5 Å². The highest BCUT2D eigenvalue weighted by Crippen LogP contribution is 2.10. The molecule has 6 heteroatoms. The monoisotopic (exact) mass is 347 g/mol. The molecular weight excluding hydrogens is 322 g/mol. The highest BCUT2D eigenvalue weighted by atomic mass is 16.6. The second-order valence-electron chi connectivity index (χ2n) is 6.56. The van der Waals surface area contributed by atoms with Gasteiger partial charge in [-0.25, -0.2) is 4.79 Å². The van der Waals surface area contributed by atoms with Crippen LogP contribution < -0.4 is 5.32 Å². The molecule has 0 saturated carbocycles. The Hall–Kier alpha value is -2.63. The number of alkyl carbamates (subject to hydrolysis) is 1. The Bertz CT molecular complexity index is 626. The summed E-state index contributed by atoms with van der Waals surface area (Å²) in [6.45, 7) is 5.89. The van der Waals surface area contributed by atoms with Gasteiger partial charge < -0.3 is 15.2 Å². The molecule has 0 aromatic heterocycles. The third kappa shape index (κ3) is 9.30. The average molecular weight is 347 g/mol. The molecule has 1 aromatic carbocycles. The minimum absolute atomic E-state index is 0.000847. The molecule has 1 aromatic rings. The third-order valence-electron chi connectivity index (χ3n) is 3.09. The second kappa shape index (κ2) is 9.61. The normalized spacial score (nSPS) is 11.3. The number of hydrogen-bond donors (Lipinski definition) is 2. The van der Waals surface area contributed by atoms with Crippen LogP contribution in [0.1, 0.15) is 56.0 Å². The lowest BCUT2D eigenvalue weighted by Gasteiger charge is -2.19. The van der Waals surface area contributed by atoms with Crippen LogP contribution in [0, 0.1) is 0 Å². The molecule has 0 fully saturated rings. The van der Waals surface area contributed by atoms with Gasteiger partial charge in [-0.05, 0) is 32.8 Å². The molecule has 1 amide bonds. The predicted octanol–water partition coefficient (Wildman–Crippen LogP) is 3.66. The SMILES string of the molecule is CC(C)(C)OC(=O)NCCC=Cc1ccc(C(=O)CCC(=O)O)cc1. The van der Waals surface area contributed by atoms with Gasteiger partial charge in [0.1, 0.15) is 5.60 Å². The van der Waals surface area contributed by atoms with Gasteiger partial charge in [0, 0.05) is 18.5 Å². The molecule has 0 aliphatic heterocycles. The number of benzene rings is 1. The molecular formula is C19H25NO5. The number of ketones is 1. The van der Waals surface area contributed by atoms with Gasteiger partial charge in [0.15, 0.2) is 5.78 Å². The van der Waals surface area contributed by atoms with Crippen molar-refractivity contribution >= 4 is 23.9 Å². The Balaban J connectivity index is 2.37. The van der Waals surface area contributed by atoms with Crippen molar-refractivity contribution in [2.45, 2.75) is 45.6 Å². The Kier molecular flexibility index (Phi) is 7.85. The van der Waals surface area contributed by atoms with Crippen LogP contribution in [0.2, 0.25) is 0 Å². The topological polar surface area (TPSA) is 92.7 Å². The number of aliphatic carboxylic acids is 1. The van der Waals surface area contributed by atoms with Gasteiger partial charge in [-0.15, -0.1) is 0 Å². The first-order valence-electron chi connectivity index (χ1n) is 8.16. The Morgan fingerprint density at radius 3 is 2.32 bits per heavy atom. The Morgan fingerprint density at radius 1 is 1.12 bits per heavy atom. The molecule has 0 unspecified atom stereocenters. The van der Waals surface area contributed by atoms with E-state index in [1.54, 1.807) is 24.3 Å². The first-order valence-corrected chi connectivity index (χ1v) is 8.16. The Morgan fingerprint density at radius 2 is 1.76 bits per heavy atom. The van der Waals surface area contributed by atoms with Crippen LogP contribution in [0.15, 0.2) is 30.3 Å². The van der Waals surface area contributed by atoms with Gasteiger partial charge in [0.05, 0.1) is 6.42 Å². The average Bonchev–Trinajstić information content (AvgIpc) is 2.51. The smallest absolute Gasteiger partial charge is 0.407 e. The molecule has 0 aliphatic rings. The molecule has 0 saturated heterocycles. The quantitative estimate of drug-likeness (QED) is 0.553. The zero-order valence-electron chi connectivity index (χ0n) is 14.9. The van der Waals surface area contributed by atoms with Crippen molar-refractivity contribution in [3.8, 4) is 0 Å². The predicted molar refractivity (Wildman–Crippen MR) is 95.5 cm³/mol. The van der Waals surface area contributed by atoms with E-state index in [2.05, 4.69) is 5.32 Å². The van der Waals surface area contributed by atoms with E-state index in [0.29, 0.717) is 18.5 Å². The zero-order chi connectivity index (χ0) is 18.9. The molecule has 0 radical (unpaired) electrons. The standard InChI is InChI=1S/C19H25NO5/c1-19(2,3)25-18(24)20-13-5-4-6-14-7-9-15(10-8-14)16(21)11-12-17(22)23/h4,6-10H,5,11-13H2,1-3H3,(H,20,24)(H,22,23). The summed E-state index contributed by atoms with van der Waals surface area (Å²) in [4.78, 5) is 33.7. The summed E-state index contributed by atoms with van der Waals surface area (Å²) in [5.74, 6) is -1.16. The maximum atomic E-state index is 11.8. The summed E-state index contributed by atoms with van der Waals surface area (Å²) in [7, 11) is 0. The van der Waals surface area contributed by atoms with Crippen LogP contribution in [-0.2, 0) is 9.53 Å². The van der Waals surface area contributed by atoms with Crippen LogP contribution in [0.25, 0.3) is 6.08 Å². The van der Waals surface area contributed by atoms with E-state index < -0.39 is 17.7 Å². The van der Waals surface area contributed by atoms with E-state index in [9.17, 15) is 14.4 Å². The molecule has 2 N–H and O–H groups in total. The van der Waals surface area contributed by atoms with Crippen molar-refractivity contribution in [1.29, 1.82) is 0 Å². The van der Waals surface area contributed by atoms with Crippen molar-refractivity contribution in [2.75, 3.05) is 6.54 Å². The fourth-order valence-electron chi connectivity index (χ4n) is 1.94. The van der Waals surface area contributed by atoms with Crippen LogP contribution >= 0.6 is 0 Å². The highest BCUT2D eigenvalue weighted by Gasteiger charge is 2.15. The van der Waals surface area contributed by atoms with Crippen LogP contribution in [0.3, 0.4) is 0 Å². The summed E-state index contributed by atoms with van der Waals surface area (Å²) in [5, 5.41) is 11.3. The summed E-state index contributed by atoms with van der Waals surface area (Å²) in [5.41, 5.74) is 0.917. The number of carboxylic acid groups (broad SMARTS) is 1. The van der Waals surface area contributed by atoms with Gasteiger partial charge in [-0.3, -0.25) is 9.59 Å². The van der Waals surface area contributed by atoms with Crippen LogP contribution in [0.5, 0.6) is 0 Å². The number of carbonyl (C=O) groups excluding carboxylic acids is 2. The van der Waals surface area contributed by atoms with E-state index >= 15 is 0 Å². The fraction of sp³-hybridized carbons (Fsp3) is 0.421. The number of Topliss-reactive ketones (excluding diaryl/α,β-unsaturated/α-hetero) is 1. The van der Waals surface area contributed by atoms with Gasteiger partial charge in [-0.1, -0.05) is 36.4 Å². The van der Waals surface area contributed by atoms with Crippen LogP contribution in [-0.4, -0.2) is 35.1 Å². The minimum atomic E-state index is -0.979. The zero-order valence-corrected chi connectivity index (χ0v) is 14.9. The highest BCUT2D eigenvalue weighted by molar-refractivity contribution is 5.97. The number of amides is 1. The summed E-state index contributed by atoms with van der Waals surface area (Å²) in [6.07, 6.45) is 3.86. The van der Waals surface area contributed by atoms with Gasteiger partial charge in [0.2, 0.25) is 0 Å².